The van der Waals surface area contributed by atoms with Crippen LogP contribution in [0.2, 0.25) is 0 Å². The predicted octanol–water partition coefficient (Wildman–Crippen LogP) is 0.718. The Kier molecular flexibility index (Phi) is 4.15. The number of halogens is 3. The summed E-state index contributed by atoms with van der Waals surface area (Å²) in [5.74, 6) is -1.22. The van der Waals surface area contributed by atoms with Crippen LogP contribution in [0.3, 0.4) is 0 Å². The monoisotopic (exact) mass is 241 g/mol. The fraction of sp³-hybridized carbons (Fsp3) is 0.889. The van der Waals surface area contributed by atoms with Crippen molar-refractivity contribution in [3.63, 3.8) is 0 Å². The van der Waals surface area contributed by atoms with Gasteiger partial charge in [-0.2, -0.15) is 13.2 Å². The topological polar surface area (TPSA) is 47.6 Å². The molecule has 0 aromatic carbocycles. The van der Waals surface area contributed by atoms with Crippen molar-refractivity contribution in [3.05, 3.63) is 0 Å². The molecule has 0 aromatic rings. The van der Waals surface area contributed by atoms with Gasteiger partial charge < -0.3 is 14.8 Å². The lowest BCUT2D eigenvalue weighted by Crippen LogP contribution is -2.47. The van der Waals surface area contributed by atoms with Crippen LogP contribution >= 0.6 is 0 Å². The van der Waals surface area contributed by atoms with Gasteiger partial charge >= 0.3 is 12.1 Å². The SMILES string of the molecule is COCCOC(=O)C1(C(F)(F)F)CCNC1. The molecule has 0 radical (unpaired) electrons. The van der Waals surface area contributed by atoms with Gasteiger partial charge in [0.2, 0.25) is 0 Å². The zero-order valence-corrected chi connectivity index (χ0v) is 8.89. The number of alkyl halides is 3. The second-order valence-corrected chi connectivity index (χ2v) is 3.64. The van der Waals surface area contributed by atoms with Crippen LogP contribution in [-0.2, 0) is 14.3 Å². The quantitative estimate of drug-likeness (QED) is 0.582. The molecule has 94 valence electrons. The van der Waals surface area contributed by atoms with Crippen molar-refractivity contribution in [2.45, 2.75) is 12.6 Å². The standard InChI is InChI=1S/C9H14F3NO3/c1-15-4-5-16-7(14)8(9(10,11)12)2-3-13-6-8/h13H,2-6H2,1H3. The number of methoxy groups -OCH3 is 1. The van der Waals surface area contributed by atoms with Crippen LogP contribution in [0.1, 0.15) is 6.42 Å². The van der Waals surface area contributed by atoms with Gasteiger partial charge in [-0.15, -0.1) is 0 Å². The number of hydrogen-bond donors (Lipinski definition) is 1. The fourth-order valence-corrected chi connectivity index (χ4v) is 1.58. The Morgan fingerprint density at radius 2 is 2.12 bits per heavy atom. The van der Waals surface area contributed by atoms with Crippen LogP contribution in [0.5, 0.6) is 0 Å². The summed E-state index contributed by atoms with van der Waals surface area (Å²) >= 11 is 0. The van der Waals surface area contributed by atoms with Gasteiger partial charge in [-0.1, -0.05) is 0 Å². The van der Waals surface area contributed by atoms with E-state index in [9.17, 15) is 18.0 Å². The first kappa shape index (κ1) is 13.2. The molecule has 1 aliphatic heterocycles. The highest BCUT2D eigenvalue weighted by atomic mass is 19.4. The first-order valence-electron chi connectivity index (χ1n) is 4.88. The molecular formula is C9H14F3NO3. The number of rotatable bonds is 4. The summed E-state index contributed by atoms with van der Waals surface area (Å²) < 4.78 is 47.6. The van der Waals surface area contributed by atoms with Crippen molar-refractivity contribution in [2.75, 3.05) is 33.4 Å². The number of carbonyl (C=O) groups is 1. The highest BCUT2D eigenvalue weighted by Crippen LogP contribution is 2.43. The van der Waals surface area contributed by atoms with Gasteiger partial charge in [0.05, 0.1) is 6.61 Å². The van der Waals surface area contributed by atoms with Crippen LogP contribution in [-0.4, -0.2) is 45.6 Å². The molecule has 1 aliphatic rings. The highest BCUT2D eigenvalue weighted by Gasteiger charge is 2.62. The summed E-state index contributed by atoms with van der Waals surface area (Å²) in [6.45, 7) is -0.318. The summed E-state index contributed by atoms with van der Waals surface area (Å²) in [5.41, 5.74) is -2.39. The third-order valence-corrected chi connectivity index (χ3v) is 2.61. The average molecular weight is 241 g/mol. The molecule has 0 spiro atoms. The van der Waals surface area contributed by atoms with Crippen LogP contribution in [0.4, 0.5) is 13.2 Å². The third-order valence-electron chi connectivity index (χ3n) is 2.61. The second-order valence-electron chi connectivity index (χ2n) is 3.64. The Morgan fingerprint density at radius 3 is 2.56 bits per heavy atom. The van der Waals surface area contributed by atoms with E-state index in [4.69, 9.17) is 0 Å². The summed E-state index contributed by atoms with van der Waals surface area (Å²) in [7, 11) is 1.38. The molecule has 7 heteroatoms. The van der Waals surface area contributed by atoms with E-state index in [2.05, 4.69) is 14.8 Å². The van der Waals surface area contributed by atoms with Crippen molar-refractivity contribution in [1.29, 1.82) is 0 Å². The Bertz CT molecular complexity index is 249. The lowest BCUT2D eigenvalue weighted by Gasteiger charge is -2.28. The molecular weight excluding hydrogens is 227 g/mol. The molecule has 1 fully saturated rings. The largest absolute Gasteiger partial charge is 0.463 e. The lowest BCUT2D eigenvalue weighted by molar-refractivity contribution is -0.229. The summed E-state index contributed by atoms with van der Waals surface area (Å²) in [6.07, 6.45) is -4.86. The number of nitrogens with one attached hydrogen (secondary N) is 1. The number of carbonyl (C=O) groups excluding carboxylic acids is 1. The van der Waals surface area contributed by atoms with Crippen molar-refractivity contribution in [3.8, 4) is 0 Å². The number of ether oxygens (including phenoxy) is 2. The molecule has 0 amide bonds. The van der Waals surface area contributed by atoms with E-state index in [0.717, 1.165) is 0 Å². The summed E-state index contributed by atoms with van der Waals surface area (Å²) in [5, 5.41) is 2.54. The van der Waals surface area contributed by atoms with E-state index >= 15 is 0 Å². The third kappa shape index (κ3) is 2.46. The van der Waals surface area contributed by atoms with E-state index in [0.29, 0.717) is 0 Å². The van der Waals surface area contributed by atoms with E-state index in [1.165, 1.54) is 7.11 Å². The molecule has 0 aliphatic carbocycles. The number of hydrogen-bond acceptors (Lipinski definition) is 4. The molecule has 0 aromatic heterocycles. The molecule has 1 rings (SSSR count). The first-order chi connectivity index (χ1) is 7.44. The van der Waals surface area contributed by atoms with Crippen LogP contribution in [0.15, 0.2) is 0 Å². The maximum Gasteiger partial charge on any atom is 0.406 e. The Morgan fingerprint density at radius 1 is 1.44 bits per heavy atom. The predicted molar refractivity (Wildman–Crippen MR) is 48.8 cm³/mol. The highest BCUT2D eigenvalue weighted by molar-refractivity contribution is 5.78. The smallest absolute Gasteiger partial charge is 0.406 e. The molecule has 1 saturated heterocycles. The van der Waals surface area contributed by atoms with Crippen molar-refractivity contribution >= 4 is 5.97 Å². The van der Waals surface area contributed by atoms with Gasteiger partial charge in [-0.25, -0.2) is 0 Å². The van der Waals surface area contributed by atoms with Crippen molar-refractivity contribution in [1.82, 2.24) is 5.32 Å². The van der Waals surface area contributed by atoms with Crippen molar-refractivity contribution in [2.24, 2.45) is 5.41 Å². The van der Waals surface area contributed by atoms with Gasteiger partial charge in [-0.3, -0.25) is 4.79 Å². The van der Waals surface area contributed by atoms with Crippen LogP contribution < -0.4 is 5.32 Å². The Balaban J connectivity index is 2.67. The van der Waals surface area contributed by atoms with E-state index in [1.54, 1.807) is 0 Å². The second kappa shape index (κ2) is 5.01. The Hall–Kier alpha value is -0.820. The lowest BCUT2D eigenvalue weighted by atomic mass is 9.86. The van der Waals surface area contributed by atoms with E-state index < -0.39 is 24.1 Å². The van der Waals surface area contributed by atoms with Gasteiger partial charge in [0.25, 0.3) is 0 Å². The molecule has 0 saturated carbocycles. The van der Waals surface area contributed by atoms with Crippen LogP contribution in [0, 0.1) is 5.41 Å². The summed E-state index contributed by atoms with van der Waals surface area (Å²) in [4.78, 5) is 11.5. The minimum absolute atomic E-state index is 0.0904. The maximum atomic E-state index is 12.8. The molecule has 1 N–H and O–H groups in total. The van der Waals surface area contributed by atoms with Gasteiger partial charge in [0.1, 0.15) is 6.61 Å². The normalized spacial score (nSPS) is 25.8. The van der Waals surface area contributed by atoms with E-state index in [1.807, 2.05) is 0 Å². The molecule has 16 heavy (non-hydrogen) atoms. The first-order valence-corrected chi connectivity index (χ1v) is 4.88. The van der Waals surface area contributed by atoms with Gasteiger partial charge in [0, 0.05) is 13.7 Å². The van der Waals surface area contributed by atoms with E-state index in [-0.39, 0.29) is 26.2 Å². The minimum Gasteiger partial charge on any atom is -0.463 e. The Labute approximate surface area is 91.1 Å². The average Bonchev–Trinajstić information content (AvgIpc) is 2.66. The number of esters is 1. The minimum atomic E-state index is -4.58. The fourth-order valence-electron chi connectivity index (χ4n) is 1.58. The van der Waals surface area contributed by atoms with Gasteiger partial charge in [-0.05, 0) is 13.0 Å². The summed E-state index contributed by atoms with van der Waals surface area (Å²) in [6, 6.07) is 0. The molecule has 0 bridgehead atoms. The molecule has 4 nitrogen and oxygen atoms in total. The molecule has 1 heterocycles. The zero-order chi connectivity index (χ0) is 12.2. The zero-order valence-electron chi connectivity index (χ0n) is 8.89. The van der Waals surface area contributed by atoms with Crippen LogP contribution in [0.25, 0.3) is 0 Å². The maximum absolute atomic E-state index is 12.8. The van der Waals surface area contributed by atoms with Crippen molar-refractivity contribution < 1.29 is 27.4 Å². The molecule has 1 unspecified atom stereocenters. The van der Waals surface area contributed by atoms with Gasteiger partial charge in [0.15, 0.2) is 5.41 Å². The molecule has 1 atom stereocenters.